The maximum Gasteiger partial charge on any atom is 0.287 e. The molecule has 6 rings (SSSR count). The second-order valence-electron chi connectivity index (χ2n) is 12.4. The molecule has 180 valence electrons. The van der Waals surface area contributed by atoms with Gasteiger partial charge in [0.25, 0.3) is 6.33 Å². The lowest BCUT2D eigenvalue weighted by Crippen LogP contribution is -2.30. The number of aryl methyl sites for hydroxylation is 2. The van der Waals surface area contributed by atoms with Crippen LogP contribution in [0.4, 0.5) is 0 Å². The van der Waals surface area contributed by atoms with Gasteiger partial charge in [0.15, 0.2) is 5.52 Å². The lowest BCUT2D eigenvalue weighted by atomic mass is 9.86. The van der Waals surface area contributed by atoms with Crippen LogP contribution in [0, 0.1) is 18.9 Å². The molecule has 6 aromatic rings. The van der Waals surface area contributed by atoms with Gasteiger partial charge in [0.05, 0.1) is 35.4 Å². The van der Waals surface area contributed by atoms with Crippen molar-refractivity contribution in [3.63, 3.8) is 0 Å². The van der Waals surface area contributed by atoms with Gasteiger partial charge in [-0.25, -0.2) is 11.1 Å². The number of hydrogen-bond acceptors (Lipinski definition) is 1. The van der Waals surface area contributed by atoms with E-state index in [0.29, 0.717) is 6.42 Å². The first kappa shape index (κ1) is 22.7. The van der Waals surface area contributed by atoms with Crippen LogP contribution in [0.5, 0.6) is 0 Å². The van der Waals surface area contributed by atoms with Gasteiger partial charge >= 0.3 is 0 Å². The topological polar surface area (TPSA) is 25.5 Å². The fraction of sp³-hybridized carbons (Fsp3) is 0.344. The number of benzene rings is 3. The van der Waals surface area contributed by atoms with E-state index in [1.165, 1.54) is 54.7 Å². The highest BCUT2D eigenvalue weighted by molar-refractivity contribution is 6.25. The monoisotopic (exact) mass is 473 g/mol. The van der Waals surface area contributed by atoms with Crippen LogP contribution in [0.25, 0.3) is 54.0 Å². The summed E-state index contributed by atoms with van der Waals surface area (Å²) in [4.78, 5) is 8.76. The first-order valence-corrected chi connectivity index (χ1v) is 12.8. The van der Waals surface area contributed by atoms with Crippen molar-refractivity contribution in [1.29, 1.82) is 0 Å². The Morgan fingerprint density at radius 3 is 2.44 bits per heavy atom. The number of nitrogens with zero attached hydrogens (tertiary/aromatic N) is 4. The smallest absolute Gasteiger partial charge is 0.287 e. The van der Waals surface area contributed by atoms with Crippen molar-refractivity contribution >= 4 is 49.1 Å². The largest absolute Gasteiger partial charge is 0.311 e. The summed E-state index contributed by atoms with van der Waals surface area (Å²) in [5.74, 6) is 0. The van der Waals surface area contributed by atoms with Crippen molar-refractivity contribution < 1.29 is 4.57 Å². The molecule has 0 atom stereocenters. The minimum atomic E-state index is -0.459. The minimum Gasteiger partial charge on any atom is -0.311 e. The number of rotatable bonds is 3. The van der Waals surface area contributed by atoms with Crippen molar-refractivity contribution in [3.05, 3.63) is 76.9 Å². The molecule has 4 heteroatoms. The molecular weight excluding hydrogens is 440 g/mol. The molecule has 0 aliphatic carbocycles. The maximum atomic E-state index is 7.68. The summed E-state index contributed by atoms with van der Waals surface area (Å²) in [5, 5.41) is 5.15. The van der Waals surface area contributed by atoms with Gasteiger partial charge in [0, 0.05) is 30.0 Å². The third kappa shape index (κ3) is 3.26. The third-order valence-electron chi connectivity index (χ3n) is 7.50. The zero-order valence-electron chi connectivity index (χ0n) is 22.3. The first-order chi connectivity index (χ1) is 17.0. The normalized spacial score (nSPS) is 13.1. The lowest BCUT2D eigenvalue weighted by Gasteiger charge is -2.19. The Bertz CT molecular complexity index is 1870. The SMILES string of the molecule is [C-]#[N+]C(C)(C)Cc1cc2nc[n+](C)c3c4c(C)ccc5c6c(CC(C)(C)C)cccc6n(c(c1)c23)c54. The van der Waals surface area contributed by atoms with E-state index >= 15 is 0 Å². The summed E-state index contributed by atoms with van der Waals surface area (Å²) in [7, 11) is 2.10. The van der Waals surface area contributed by atoms with Crippen molar-refractivity contribution in [1.82, 2.24) is 9.38 Å². The molecular formula is C32H33N4+. The van der Waals surface area contributed by atoms with E-state index in [4.69, 9.17) is 11.6 Å². The zero-order valence-corrected chi connectivity index (χ0v) is 22.3. The molecule has 3 aromatic heterocycles. The maximum absolute atomic E-state index is 7.68. The van der Waals surface area contributed by atoms with Crippen LogP contribution in [0.2, 0.25) is 0 Å². The molecule has 0 N–H and O–H groups in total. The molecule has 0 unspecified atom stereocenters. The Morgan fingerprint density at radius 2 is 1.72 bits per heavy atom. The van der Waals surface area contributed by atoms with Gasteiger partial charge < -0.3 is 9.25 Å². The van der Waals surface area contributed by atoms with E-state index in [9.17, 15) is 0 Å². The van der Waals surface area contributed by atoms with Crippen LogP contribution in [0.15, 0.2) is 48.8 Å². The van der Waals surface area contributed by atoms with Crippen molar-refractivity contribution in [2.45, 2.75) is 59.9 Å². The lowest BCUT2D eigenvalue weighted by molar-refractivity contribution is -0.646. The van der Waals surface area contributed by atoms with Crippen LogP contribution in [0.3, 0.4) is 0 Å². The van der Waals surface area contributed by atoms with Gasteiger partial charge in [-0.15, -0.1) is 0 Å². The molecule has 0 aliphatic rings. The van der Waals surface area contributed by atoms with Crippen molar-refractivity contribution in [3.8, 4) is 0 Å². The molecule has 3 aromatic carbocycles. The summed E-state index contributed by atoms with van der Waals surface area (Å²) in [6.45, 7) is 20.9. The molecule has 0 radical (unpaired) electrons. The summed E-state index contributed by atoms with van der Waals surface area (Å²) in [6, 6.07) is 15.9. The molecule has 4 nitrogen and oxygen atoms in total. The molecule has 0 bridgehead atoms. The molecule has 0 saturated heterocycles. The van der Waals surface area contributed by atoms with Crippen LogP contribution in [0.1, 0.15) is 51.3 Å². The van der Waals surface area contributed by atoms with Crippen LogP contribution >= 0.6 is 0 Å². The van der Waals surface area contributed by atoms with E-state index in [1.54, 1.807) is 0 Å². The Hall–Kier alpha value is -3.71. The Kier molecular flexibility index (Phi) is 4.67. The highest BCUT2D eigenvalue weighted by Crippen LogP contribution is 2.42. The minimum absolute atomic E-state index is 0.189. The second-order valence-corrected chi connectivity index (χ2v) is 12.4. The molecule has 0 spiro atoms. The summed E-state index contributed by atoms with van der Waals surface area (Å²) in [5.41, 5.74) is 9.48. The molecule has 0 fully saturated rings. The predicted molar refractivity (Wildman–Crippen MR) is 150 cm³/mol. The third-order valence-corrected chi connectivity index (χ3v) is 7.50. The zero-order chi connectivity index (χ0) is 25.6. The van der Waals surface area contributed by atoms with Gasteiger partial charge in [-0.3, -0.25) is 0 Å². The van der Waals surface area contributed by atoms with Gasteiger partial charge in [-0.2, -0.15) is 0 Å². The van der Waals surface area contributed by atoms with Crippen LogP contribution in [-0.2, 0) is 19.9 Å². The molecule has 0 saturated carbocycles. The van der Waals surface area contributed by atoms with Crippen molar-refractivity contribution in [2.75, 3.05) is 0 Å². The van der Waals surface area contributed by atoms with Gasteiger partial charge in [0.1, 0.15) is 5.52 Å². The highest BCUT2D eigenvalue weighted by atomic mass is 15.0. The molecule has 3 heterocycles. The van der Waals surface area contributed by atoms with Gasteiger partial charge in [-0.05, 0) is 58.6 Å². The van der Waals surface area contributed by atoms with E-state index in [2.05, 4.69) is 91.0 Å². The Labute approximate surface area is 212 Å². The van der Waals surface area contributed by atoms with E-state index in [-0.39, 0.29) is 5.41 Å². The quantitative estimate of drug-likeness (QED) is 0.114. The molecule has 0 amide bonds. The summed E-state index contributed by atoms with van der Waals surface area (Å²) >= 11 is 0. The van der Waals surface area contributed by atoms with E-state index in [0.717, 1.165) is 17.5 Å². The van der Waals surface area contributed by atoms with Gasteiger partial charge in [-0.1, -0.05) is 45.0 Å². The number of hydrogen-bond donors (Lipinski definition) is 0. The fourth-order valence-electron chi connectivity index (χ4n) is 6.11. The number of fused-ring (bicyclic) bond motifs is 5. The number of pyridine rings is 1. The van der Waals surface area contributed by atoms with Crippen LogP contribution < -0.4 is 4.57 Å². The predicted octanol–water partition coefficient (Wildman–Crippen LogP) is 7.35. The summed E-state index contributed by atoms with van der Waals surface area (Å²) in [6.07, 6.45) is 3.65. The second kappa shape index (κ2) is 7.40. The molecule has 36 heavy (non-hydrogen) atoms. The standard InChI is InChI=1S/C32H33N4/c1-19-12-13-22-27-21(17-31(2,3)4)10-9-11-24(27)36-25-15-20(16-32(5,6)33-7)14-23-28(25)30(26(19)29(22)36)35(8)18-34-23/h9-15,18H,16-17H2,1-6,8H3/q+1. The fourth-order valence-corrected chi connectivity index (χ4v) is 6.11. The van der Waals surface area contributed by atoms with Crippen molar-refractivity contribution in [2.24, 2.45) is 12.5 Å². The average Bonchev–Trinajstić information content (AvgIpc) is 3.14. The average molecular weight is 474 g/mol. The Balaban J connectivity index is 1.89. The summed E-state index contributed by atoms with van der Waals surface area (Å²) < 4.78 is 4.65. The van der Waals surface area contributed by atoms with Crippen LogP contribution in [-0.4, -0.2) is 14.9 Å². The van der Waals surface area contributed by atoms with E-state index < -0.39 is 5.54 Å². The molecule has 0 aliphatic heterocycles. The number of aromatic nitrogens is 3. The van der Waals surface area contributed by atoms with E-state index in [1.807, 2.05) is 20.2 Å². The Morgan fingerprint density at radius 1 is 0.944 bits per heavy atom. The highest BCUT2D eigenvalue weighted by Gasteiger charge is 2.28. The first-order valence-electron chi connectivity index (χ1n) is 12.8. The van der Waals surface area contributed by atoms with Gasteiger partial charge in [0.2, 0.25) is 5.54 Å².